The molecule has 5 atom stereocenters. The maximum atomic E-state index is 10.6. The molecule has 0 rings (SSSR count). The number of rotatable bonds is 12. The standard InChI is InChI=1S/C28H64O4Si3/c1-21(20-30-33(13,14)26(4,5)6)24(31-34(15,16)27(7,8)9)19-25(22(2)23(3)29)32-35(17,18)28(10,11)12/h21-25,29H,19-20H2,1-18H3/t21-,22+,23+,24-,25-/m0/s1. The number of aliphatic hydroxyl groups excluding tert-OH is 1. The Bertz CT molecular complexity index is 640. The summed E-state index contributed by atoms with van der Waals surface area (Å²) in [5.74, 6) is 0.271. The average molecular weight is 549 g/mol. The van der Waals surface area contributed by atoms with E-state index < -0.39 is 31.1 Å². The SMILES string of the molecule is C[C@@H]([C@H](C[C@H](O[Si](C)(C)C(C)(C)C)[C@@H](C)CO[Si](C)(C)C(C)(C)C)O[Si](C)(C)C(C)(C)C)[C@@H](C)O. The molecule has 1 N–H and O–H groups in total. The van der Waals surface area contributed by atoms with Gasteiger partial charge in [-0.25, -0.2) is 0 Å². The quantitative estimate of drug-likeness (QED) is 0.247. The zero-order valence-electron chi connectivity index (χ0n) is 27.0. The third-order valence-corrected chi connectivity index (χ3v) is 23.0. The fraction of sp³-hybridized carbons (Fsp3) is 1.00. The first kappa shape index (κ1) is 35.5. The molecule has 0 aromatic carbocycles. The van der Waals surface area contributed by atoms with E-state index in [-0.39, 0.29) is 39.2 Å². The minimum absolute atomic E-state index is 0.0247. The second kappa shape index (κ2) is 12.1. The summed E-state index contributed by atoms with van der Waals surface area (Å²) in [4.78, 5) is 0. The lowest BCUT2D eigenvalue weighted by Crippen LogP contribution is -2.51. The molecular formula is C28H64O4Si3. The summed E-state index contributed by atoms with van der Waals surface area (Å²) >= 11 is 0. The van der Waals surface area contributed by atoms with E-state index in [0.717, 1.165) is 6.42 Å². The molecule has 0 aromatic rings. The Morgan fingerprint density at radius 3 is 1.26 bits per heavy atom. The second-order valence-electron chi connectivity index (χ2n) is 15.7. The molecule has 35 heavy (non-hydrogen) atoms. The third-order valence-electron chi connectivity index (χ3n) is 9.46. The maximum absolute atomic E-state index is 10.6. The van der Waals surface area contributed by atoms with Gasteiger partial charge < -0.3 is 18.4 Å². The monoisotopic (exact) mass is 548 g/mol. The number of hydrogen-bond acceptors (Lipinski definition) is 4. The predicted molar refractivity (Wildman–Crippen MR) is 162 cm³/mol. The van der Waals surface area contributed by atoms with E-state index in [4.69, 9.17) is 13.3 Å². The highest BCUT2D eigenvalue weighted by Crippen LogP contribution is 2.42. The zero-order valence-corrected chi connectivity index (χ0v) is 30.0. The van der Waals surface area contributed by atoms with Crippen LogP contribution in [0.25, 0.3) is 0 Å². The number of hydrogen-bond donors (Lipinski definition) is 1. The van der Waals surface area contributed by atoms with Gasteiger partial charge in [0.25, 0.3) is 0 Å². The van der Waals surface area contributed by atoms with Crippen LogP contribution < -0.4 is 0 Å². The van der Waals surface area contributed by atoms with Crippen LogP contribution in [0.1, 0.15) is 89.5 Å². The van der Waals surface area contributed by atoms with Crippen molar-refractivity contribution < 1.29 is 18.4 Å². The van der Waals surface area contributed by atoms with Crippen molar-refractivity contribution in [3.63, 3.8) is 0 Å². The van der Waals surface area contributed by atoms with Crippen molar-refractivity contribution in [1.82, 2.24) is 0 Å². The summed E-state index contributed by atoms with van der Waals surface area (Å²) in [6.07, 6.45) is 0.322. The van der Waals surface area contributed by atoms with E-state index in [0.29, 0.717) is 6.61 Å². The van der Waals surface area contributed by atoms with E-state index >= 15 is 0 Å². The Balaban J connectivity index is 6.16. The molecule has 0 aromatic heterocycles. The van der Waals surface area contributed by atoms with Crippen molar-refractivity contribution in [2.45, 2.75) is 162 Å². The van der Waals surface area contributed by atoms with Crippen LogP contribution in [0.3, 0.4) is 0 Å². The van der Waals surface area contributed by atoms with E-state index in [2.05, 4.69) is 115 Å². The minimum Gasteiger partial charge on any atom is -0.416 e. The van der Waals surface area contributed by atoms with Gasteiger partial charge in [0.2, 0.25) is 0 Å². The summed E-state index contributed by atoms with van der Waals surface area (Å²) in [5.41, 5.74) is 0. The Morgan fingerprint density at radius 2 is 0.943 bits per heavy atom. The molecule has 0 heterocycles. The van der Waals surface area contributed by atoms with Crippen molar-refractivity contribution in [2.24, 2.45) is 11.8 Å². The molecule has 0 saturated heterocycles. The summed E-state index contributed by atoms with van der Waals surface area (Å²) < 4.78 is 20.8. The summed E-state index contributed by atoms with van der Waals surface area (Å²) in [7, 11) is -5.90. The van der Waals surface area contributed by atoms with Gasteiger partial charge in [0, 0.05) is 18.4 Å². The topological polar surface area (TPSA) is 47.9 Å². The van der Waals surface area contributed by atoms with Crippen molar-refractivity contribution in [3.8, 4) is 0 Å². The summed E-state index contributed by atoms with van der Waals surface area (Å²) in [6, 6.07) is 0. The largest absolute Gasteiger partial charge is 0.416 e. The highest BCUT2D eigenvalue weighted by atomic mass is 28.4. The lowest BCUT2D eigenvalue weighted by molar-refractivity contribution is -0.00742. The fourth-order valence-corrected chi connectivity index (χ4v) is 7.05. The van der Waals surface area contributed by atoms with Crippen LogP contribution in [0.15, 0.2) is 0 Å². The third kappa shape index (κ3) is 10.3. The molecule has 212 valence electrons. The van der Waals surface area contributed by atoms with Gasteiger partial charge in [-0.1, -0.05) is 76.2 Å². The van der Waals surface area contributed by atoms with Gasteiger partial charge in [-0.05, 0) is 67.7 Å². The van der Waals surface area contributed by atoms with Gasteiger partial charge >= 0.3 is 0 Å². The van der Waals surface area contributed by atoms with Gasteiger partial charge in [0.15, 0.2) is 25.0 Å². The molecule has 0 fully saturated rings. The van der Waals surface area contributed by atoms with Crippen molar-refractivity contribution in [3.05, 3.63) is 0 Å². The van der Waals surface area contributed by atoms with E-state index in [1.165, 1.54) is 0 Å². The first-order valence-corrected chi connectivity index (χ1v) is 22.6. The molecule has 0 radical (unpaired) electrons. The molecule has 0 bridgehead atoms. The normalized spacial score (nSPS) is 19.3. The Labute approximate surface area is 223 Å². The van der Waals surface area contributed by atoms with Crippen LogP contribution in [-0.2, 0) is 13.3 Å². The first-order chi connectivity index (χ1) is 15.2. The molecule has 0 spiro atoms. The van der Waals surface area contributed by atoms with Crippen molar-refractivity contribution in [1.29, 1.82) is 0 Å². The average Bonchev–Trinajstić information content (AvgIpc) is 2.61. The molecule has 0 aliphatic rings. The lowest BCUT2D eigenvalue weighted by atomic mass is 9.91. The molecule has 7 heteroatoms. The summed E-state index contributed by atoms with van der Waals surface area (Å²) in [6.45, 7) is 41.5. The van der Waals surface area contributed by atoms with Crippen LogP contribution in [0.5, 0.6) is 0 Å². The molecule has 0 aliphatic heterocycles. The minimum atomic E-state index is -2.03. The van der Waals surface area contributed by atoms with Crippen LogP contribution in [-0.4, -0.2) is 55.0 Å². The van der Waals surface area contributed by atoms with Crippen LogP contribution in [0.2, 0.25) is 54.4 Å². The van der Waals surface area contributed by atoms with Crippen LogP contribution in [0.4, 0.5) is 0 Å². The Morgan fingerprint density at radius 1 is 0.600 bits per heavy atom. The molecule has 0 unspecified atom stereocenters. The van der Waals surface area contributed by atoms with Gasteiger partial charge in [0.05, 0.1) is 18.3 Å². The highest BCUT2D eigenvalue weighted by Gasteiger charge is 2.45. The molecule has 4 nitrogen and oxygen atoms in total. The van der Waals surface area contributed by atoms with Gasteiger partial charge in [0.1, 0.15) is 0 Å². The Hall–Kier alpha value is 0.491. The van der Waals surface area contributed by atoms with Crippen LogP contribution in [0, 0.1) is 11.8 Å². The smallest absolute Gasteiger partial charge is 0.192 e. The van der Waals surface area contributed by atoms with Gasteiger partial charge in [-0.15, -0.1) is 0 Å². The van der Waals surface area contributed by atoms with Crippen molar-refractivity contribution >= 4 is 25.0 Å². The number of aliphatic hydroxyl groups is 1. The predicted octanol–water partition coefficient (Wildman–Crippen LogP) is 8.83. The maximum Gasteiger partial charge on any atom is 0.192 e. The van der Waals surface area contributed by atoms with Crippen LogP contribution >= 0.6 is 0 Å². The van der Waals surface area contributed by atoms with E-state index in [1.54, 1.807) is 0 Å². The molecular weight excluding hydrogens is 485 g/mol. The van der Waals surface area contributed by atoms with E-state index in [9.17, 15) is 5.11 Å². The summed E-state index contributed by atoms with van der Waals surface area (Å²) in [5, 5.41) is 11.0. The molecule has 0 amide bonds. The van der Waals surface area contributed by atoms with E-state index in [1.807, 2.05) is 6.92 Å². The zero-order chi connectivity index (χ0) is 28.4. The molecule has 0 saturated carbocycles. The first-order valence-electron chi connectivity index (χ1n) is 13.8. The van der Waals surface area contributed by atoms with Crippen molar-refractivity contribution in [2.75, 3.05) is 6.61 Å². The fourth-order valence-electron chi connectivity index (χ4n) is 3.08. The lowest BCUT2D eigenvalue weighted by Gasteiger charge is -2.46. The van der Waals surface area contributed by atoms with Gasteiger partial charge in [-0.2, -0.15) is 0 Å². The molecule has 0 aliphatic carbocycles. The second-order valence-corrected chi connectivity index (χ2v) is 30.0. The van der Waals surface area contributed by atoms with Gasteiger partial charge in [-0.3, -0.25) is 0 Å². The highest BCUT2D eigenvalue weighted by molar-refractivity contribution is 6.75. The Kier molecular flexibility index (Phi) is 12.3.